The van der Waals surface area contributed by atoms with Gasteiger partial charge in [0.25, 0.3) is 0 Å². The fourth-order valence-electron chi connectivity index (χ4n) is 2.54. The summed E-state index contributed by atoms with van der Waals surface area (Å²) in [5.74, 6) is 0.636. The van der Waals surface area contributed by atoms with Crippen LogP contribution in [0.25, 0.3) is 0 Å². The van der Waals surface area contributed by atoms with Crippen LogP contribution in [0.1, 0.15) is 11.1 Å². The average molecular weight is 313 g/mol. The van der Waals surface area contributed by atoms with E-state index in [1.54, 1.807) is 19.2 Å². The van der Waals surface area contributed by atoms with Crippen LogP contribution in [-0.4, -0.2) is 55.8 Å². The summed E-state index contributed by atoms with van der Waals surface area (Å²) in [7, 11) is 1.54. The summed E-state index contributed by atoms with van der Waals surface area (Å²) in [6.45, 7) is 1.73. The summed E-state index contributed by atoms with van der Waals surface area (Å²) in [5.41, 5.74) is 1.46. The summed E-state index contributed by atoms with van der Waals surface area (Å²) in [6, 6.07) is 7.28. The Morgan fingerprint density at radius 3 is 2.36 bits per heavy atom. The normalized spacial score (nSPS) is 17.2. The molecule has 1 saturated heterocycles. The predicted octanol–water partition coefficient (Wildman–Crippen LogP) is 2.25. The molecule has 120 valence electrons. The van der Waals surface area contributed by atoms with Gasteiger partial charge in [-0.3, -0.25) is 9.80 Å². The number of ether oxygens (including phenoxy) is 1. The van der Waals surface area contributed by atoms with Crippen molar-refractivity contribution >= 4 is 0 Å². The third-order valence-electron chi connectivity index (χ3n) is 3.68. The van der Waals surface area contributed by atoms with Gasteiger partial charge in [-0.25, -0.2) is 0 Å². The first kappa shape index (κ1) is 16.6. The molecule has 0 aromatic heterocycles. The van der Waals surface area contributed by atoms with Crippen LogP contribution in [0.15, 0.2) is 18.2 Å². The Morgan fingerprint density at radius 2 is 1.82 bits per heavy atom. The van der Waals surface area contributed by atoms with Crippen LogP contribution in [0.5, 0.6) is 5.75 Å². The second-order valence-corrected chi connectivity index (χ2v) is 5.31. The maximum Gasteiger partial charge on any atom is 0.401 e. The summed E-state index contributed by atoms with van der Waals surface area (Å²) in [5, 5.41) is 8.88. The molecule has 4 nitrogen and oxygen atoms in total. The highest BCUT2D eigenvalue weighted by molar-refractivity contribution is 5.42. The number of piperazine rings is 1. The molecule has 1 aromatic carbocycles. The molecule has 1 heterocycles. The molecule has 0 amide bonds. The lowest BCUT2D eigenvalue weighted by Crippen LogP contribution is -2.48. The van der Waals surface area contributed by atoms with Crippen LogP contribution >= 0.6 is 0 Å². The SMILES string of the molecule is COc1cc(C#N)ccc1CN1CCN(CC(F)(F)F)CC1. The van der Waals surface area contributed by atoms with Crippen LogP contribution in [0.4, 0.5) is 13.2 Å². The van der Waals surface area contributed by atoms with Crippen LogP contribution in [-0.2, 0) is 6.54 Å². The molecule has 2 rings (SSSR count). The Hall–Kier alpha value is -1.78. The van der Waals surface area contributed by atoms with E-state index in [-0.39, 0.29) is 0 Å². The molecule has 7 heteroatoms. The number of alkyl halides is 3. The van der Waals surface area contributed by atoms with Crippen molar-refractivity contribution in [2.45, 2.75) is 12.7 Å². The molecular weight excluding hydrogens is 295 g/mol. The highest BCUT2D eigenvalue weighted by Crippen LogP contribution is 2.23. The first-order chi connectivity index (χ1) is 10.4. The van der Waals surface area contributed by atoms with Crippen molar-refractivity contribution in [2.75, 3.05) is 39.8 Å². The first-order valence-electron chi connectivity index (χ1n) is 7.00. The van der Waals surface area contributed by atoms with Crippen molar-refractivity contribution in [3.05, 3.63) is 29.3 Å². The van der Waals surface area contributed by atoms with E-state index in [0.29, 0.717) is 44.0 Å². The van der Waals surface area contributed by atoms with Gasteiger partial charge >= 0.3 is 6.18 Å². The van der Waals surface area contributed by atoms with E-state index >= 15 is 0 Å². The molecule has 1 aliphatic rings. The number of hydrogen-bond acceptors (Lipinski definition) is 4. The minimum atomic E-state index is -4.14. The topological polar surface area (TPSA) is 39.5 Å². The molecule has 22 heavy (non-hydrogen) atoms. The fourth-order valence-corrected chi connectivity index (χ4v) is 2.54. The van der Waals surface area contributed by atoms with E-state index in [9.17, 15) is 13.2 Å². The minimum absolute atomic E-state index is 0.401. The van der Waals surface area contributed by atoms with E-state index in [0.717, 1.165) is 5.56 Å². The minimum Gasteiger partial charge on any atom is -0.496 e. The van der Waals surface area contributed by atoms with E-state index in [2.05, 4.69) is 11.0 Å². The van der Waals surface area contributed by atoms with Gasteiger partial charge < -0.3 is 4.74 Å². The highest BCUT2D eigenvalue weighted by Gasteiger charge is 2.32. The quantitative estimate of drug-likeness (QED) is 0.855. The lowest BCUT2D eigenvalue weighted by atomic mass is 10.1. The van der Waals surface area contributed by atoms with E-state index in [4.69, 9.17) is 10.00 Å². The van der Waals surface area contributed by atoms with Crippen molar-refractivity contribution in [3.63, 3.8) is 0 Å². The Kier molecular flexibility index (Phi) is 5.27. The highest BCUT2D eigenvalue weighted by atomic mass is 19.4. The van der Waals surface area contributed by atoms with Gasteiger partial charge in [-0.2, -0.15) is 18.4 Å². The zero-order valence-electron chi connectivity index (χ0n) is 12.4. The van der Waals surface area contributed by atoms with Crippen molar-refractivity contribution in [1.82, 2.24) is 9.80 Å². The molecule has 0 N–H and O–H groups in total. The smallest absolute Gasteiger partial charge is 0.401 e. The molecule has 0 saturated carbocycles. The largest absolute Gasteiger partial charge is 0.496 e. The molecule has 0 bridgehead atoms. The number of methoxy groups -OCH3 is 1. The Labute approximate surface area is 127 Å². The number of benzene rings is 1. The van der Waals surface area contributed by atoms with Crippen molar-refractivity contribution in [2.24, 2.45) is 0 Å². The third kappa shape index (κ3) is 4.61. The van der Waals surface area contributed by atoms with Gasteiger partial charge in [0.1, 0.15) is 5.75 Å². The Morgan fingerprint density at radius 1 is 1.18 bits per heavy atom. The van der Waals surface area contributed by atoms with Gasteiger partial charge in [-0.1, -0.05) is 6.07 Å². The monoisotopic (exact) mass is 313 g/mol. The maximum absolute atomic E-state index is 12.4. The maximum atomic E-state index is 12.4. The second-order valence-electron chi connectivity index (χ2n) is 5.31. The molecule has 0 atom stereocenters. The zero-order valence-corrected chi connectivity index (χ0v) is 12.4. The molecule has 0 radical (unpaired) electrons. The third-order valence-corrected chi connectivity index (χ3v) is 3.68. The Bertz CT molecular complexity index is 546. The number of nitrogens with zero attached hydrogens (tertiary/aromatic N) is 3. The summed E-state index contributed by atoms with van der Waals surface area (Å²) in [6.07, 6.45) is -4.14. The molecule has 0 aliphatic carbocycles. The van der Waals surface area contributed by atoms with Gasteiger partial charge in [-0.15, -0.1) is 0 Å². The van der Waals surface area contributed by atoms with Crippen LogP contribution in [0.2, 0.25) is 0 Å². The number of nitriles is 1. The first-order valence-corrected chi connectivity index (χ1v) is 7.00. The Balaban J connectivity index is 1.92. The predicted molar refractivity (Wildman–Crippen MR) is 75.5 cm³/mol. The van der Waals surface area contributed by atoms with Crippen LogP contribution < -0.4 is 4.74 Å². The van der Waals surface area contributed by atoms with Gasteiger partial charge in [0.2, 0.25) is 0 Å². The standard InChI is InChI=1S/C15H18F3N3O/c1-22-14-8-12(9-19)2-3-13(14)10-20-4-6-21(7-5-20)11-15(16,17)18/h2-3,8H,4-7,10-11H2,1H3. The van der Waals surface area contributed by atoms with Gasteiger partial charge in [0.05, 0.1) is 25.3 Å². The molecule has 0 spiro atoms. The van der Waals surface area contributed by atoms with Crippen molar-refractivity contribution < 1.29 is 17.9 Å². The summed E-state index contributed by atoms with van der Waals surface area (Å²) in [4.78, 5) is 3.52. The van der Waals surface area contributed by atoms with E-state index in [1.807, 2.05) is 6.07 Å². The van der Waals surface area contributed by atoms with Crippen LogP contribution in [0.3, 0.4) is 0 Å². The molecule has 0 unspecified atom stereocenters. The molecule has 1 aliphatic heterocycles. The van der Waals surface area contributed by atoms with Gasteiger partial charge in [-0.05, 0) is 12.1 Å². The van der Waals surface area contributed by atoms with Gasteiger partial charge in [0.15, 0.2) is 0 Å². The van der Waals surface area contributed by atoms with Gasteiger partial charge in [0, 0.05) is 38.3 Å². The fraction of sp³-hybridized carbons (Fsp3) is 0.533. The molecule has 1 aromatic rings. The number of halogens is 3. The van der Waals surface area contributed by atoms with E-state index in [1.165, 1.54) is 4.90 Å². The summed E-state index contributed by atoms with van der Waals surface area (Å²) < 4.78 is 42.3. The van der Waals surface area contributed by atoms with Crippen molar-refractivity contribution in [3.8, 4) is 11.8 Å². The van der Waals surface area contributed by atoms with E-state index < -0.39 is 12.7 Å². The lowest BCUT2D eigenvalue weighted by molar-refractivity contribution is -0.149. The zero-order chi connectivity index (χ0) is 16.2. The van der Waals surface area contributed by atoms with Crippen LogP contribution in [0, 0.1) is 11.3 Å². The molecular formula is C15H18F3N3O. The number of hydrogen-bond donors (Lipinski definition) is 0. The average Bonchev–Trinajstić information content (AvgIpc) is 2.48. The number of rotatable bonds is 4. The summed E-state index contributed by atoms with van der Waals surface area (Å²) >= 11 is 0. The van der Waals surface area contributed by atoms with Crippen molar-refractivity contribution in [1.29, 1.82) is 5.26 Å². The second kappa shape index (κ2) is 6.99. The lowest BCUT2D eigenvalue weighted by Gasteiger charge is -2.35. The molecule has 1 fully saturated rings.